The molecule has 1 N–H and O–H groups in total. The number of amides is 2. The second-order valence-electron chi connectivity index (χ2n) is 11.4. The van der Waals surface area contributed by atoms with Gasteiger partial charge in [0.2, 0.25) is 0 Å². The summed E-state index contributed by atoms with van der Waals surface area (Å²) in [6, 6.07) is 5.47. The van der Waals surface area contributed by atoms with E-state index >= 15 is 0 Å². The van der Waals surface area contributed by atoms with E-state index in [1.54, 1.807) is 24.5 Å². The molecule has 42 heavy (non-hydrogen) atoms. The third-order valence-corrected chi connectivity index (χ3v) is 8.77. The molecule has 9 nitrogen and oxygen atoms in total. The van der Waals surface area contributed by atoms with E-state index < -0.39 is 11.6 Å². The quantitative estimate of drug-likeness (QED) is 0.400. The number of aromatic nitrogens is 2. The number of hydrogen-bond donors (Lipinski definition) is 1. The number of nitrogens with zero attached hydrogens (tertiary/aromatic N) is 4. The number of ether oxygens (including phenoxy) is 2. The third-order valence-electron chi connectivity index (χ3n) is 8.53. The molecule has 1 aliphatic heterocycles. The summed E-state index contributed by atoms with van der Waals surface area (Å²) in [5.41, 5.74) is 3.78. The van der Waals surface area contributed by atoms with E-state index in [4.69, 9.17) is 21.1 Å². The molecule has 4 rings (SSSR count). The van der Waals surface area contributed by atoms with Crippen LogP contribution in [0.4, 0.5) is 4.79 Å². The van der Waals surface area contributed by atoms with Gasteiger partial charge in [0.15, 0.2) is 0 Å². The SMILES string of the molecule is C=C1C=C(C(NC(=O)C(CC)(CC)OC)c2cncn2C)c2cc(Cl)ccc2C(N2CCN(C(=O)OC(C)C)CC2)C1. The number of allylic oxidation sites excluding steroid dienone is 1. The molecule has 2 atom stereocenters. The van der Waals surface area contributed by atoms with Crippen LogP contribution >= 0.6 is 11.6 Å². The van der Waals surface area contributed by atoms with Gasteiger partial charge in [-0.05, 0) is 61.9 Å². The molecule has 0 bridgehead atoms. The summed E-state index contributed by atoms with van der Waals surface area (Å²) in [5.74, 6) is -0.179. The molecule has 1 aromatic carbocycles. The zero-order valence-electron chi connectivity index (χ0n) is 25.7. The number of hydrogen-bond acceptors (Lipinski definition) is 6. The molecule has 0 spiro atoms. The molecular formula is C32H44ClN5O4. The van der Waals surface area contributed by atoms with Crippen LogP contribution in [0.15, 0.2) is 49.0 Å². The monoisotopic (exact) mass is 597 g/mol. The summed E-state index contributed by atoms with van der Waals surface area (Å²) < 4.78 is 13.1. The highest BCUT2D eigenvalue weighted by Crippen LogP contribution is 2.43. The largest absolute Gasteiger partial charge is 0.447 e. The van der Waals surface area contributed by atoms with Crippen molar-refractivity contribution in [2.75, 3.05) is 33.3 Å². The number of imidazole rings is 1. The number of methoxy groups -OCH3 is 1. The first-order chi connectivity index (χ1) is 20.0. The molecule has 1 aromatic heterocycles. The van der Waals surface area contributed by atoms with Gasteiger partial charge in [-0.25, -0.2) is 9.78 Å². The second-order valence-corrected chi connectivity index (χ2v) is 11.8. The van der Waals surface area contributed by atoms with Crippen LogP contribution in [0.5, 0.6) is 0 Å². The first-order valence-corrected chi connectivity index (χ1v) is 15.1. The van der Waals surface area contributed by atoms with E-state index in [-0.39, 0.29) is 24.1 Å². The lowest BCUT2D eigenvalue weighted by Gasteiger charge is -2.39. The van der Waals surface area contributed by atoms with E-state index in [9.17, 15) is 9.59 Å². The van der Waals surface area contributed by atoms with Crippen molar-refractivity contribution in [3.05, 3.63) is 70.8 Å². The number of rotatable bonds is 9. The predicted octanol–water partition coefficient (Wildman–Crippen LogP) is 5.68. The third kappa shape index (κ3) is 6.58. The number of halogens is 1. The van der Waals surface area contributed by atoms with Gasteiger partial charge in [0.25, 0.3) is 5.91 Å². The fourth-order valence-corrected chi connectivity index (χ4v) is 6.18. The summed E-state index contributed by atoms with van der Waals surface area (Å²) in [7, 11) is 3.50. The van der Waals surface area contributed by atoms with Crippen LogP contribution in [-0.2, 0) is 21.3 Å². The highest BCUT2D eigenvalue weighted by Gasteiger charge is 2.39. The Morgan fingerprint density at radius 2 is 1.88 bits per heavy atom. The maximum absolute atomic E-state index is 13.8. The van der Waals surface area contributed by atoms with Gasteiger partial charge in [-0.15, -0.1) is 0 Å². The molecule has 0 radical (unpaired) electrons. The van der Waals surface area contributed by atoms with Crippen molar-refractivity contribution >= 4 is 29.2 Å². The number of aryl methyl sites for hydroxylation is 1. The second kappa shape index (κ2) is 13.4. The molecule has 1 fully saturated rings. The number of piperazine rings is 1. The Labute approximate surface area is 254 Å². The lowest BCUT2D eigenvalue weighted by molar-refractivity contribution is -0.144. The topological polar surface area (TPSA) is 88.9 Å². The van der Waals surface area contributed by atoms with Crippen LogP contribution in [0.3, 0.4) is 0 Å². The maximum Gasteiger partial charge on any atom is 0.410 e. The van der Waals surface area contributed by atoms with E-state index in [2.05, 4.69) is 33.9 Å². The maximum atomic E-state index is 13.8. The standard InChI is InChI=1S/C32H44ClN5O4/c1-8-32(9-2,41-7)30(39)35-29(28-19-34-20-36(28)6)26-16-22(5)17-27(24-11-10-23(33)18-25(24)26)37-12-14-38(15-13-37)31(40)42-21(3)4/h10-11,16,18-21,27,29H,5,8-9,12-15,17H2,1-4,6-7H3,(H,35,39). The van der Waals surface area contributed by atoms with Crippen LogP contribution in [-0.4, -0.2) is 76.3 Å². The normalized spacial score (nSPS) is 18.8. The van der Waals surface area contributed by atoms with Gasteiger partial charge < -0.3 is 24.3 Å². The summed E-state index contributed by atoms with van der Waals surface area (Å²) in [4.78, 5) is 34.9. The Balaban J connectivity index is 1.72. The molecule has 2 aromatic rings. The van der Waals surface area contributed by atoms with Crippen LogP contribution in [0.25, 0.3) is 5.57 Å². The minimum atomic E-state index is -0.949. The molecule has 2 amide bonds. The first-order valence-electron chi connectivity index (χ1n) is 14.7. The van der Waals surface area contributed by atoms with Crippen molar-refractivity contribution in [3.8, 4) is 0 Å². The smallest absolute Gasteiger partial charge is 0.410 e. The van der Waals surface area contributed by atoms with Gasteiger partial charge in [0.1, 0.15) is 5.60 Å². The van der Waals surface area contributed by atoms with E-state index in [1.807, 2.05) is 51.4 Å². The Morgan fingerprint density at radius 3 is 2.45 bits per heavy atom. The van der Waals surface area contributed by atoms with E-state index in [1.165, 1.54) is 0 Å². The number of fused-ring (bicyclic) bond motifs is 1. The number of nitrogens with one attached hydrogen (secondary N) is 1. The van der Waals surface area contributed by atoms with Crippen molar-refractivity contribution in [1.29, 1.82) is 0 Å². The van der Waals surface area contributed by atoms with Crippen LogP contribution in [0, 0.1) is 0 Å². The fourth-order valence-electron chi connectivity index (χ4n) is 6.01. The van der Waals surface area contributed by atoms with Crippen molar-refractivity contribution in [2.45, 2.75) is 70.7 Å². The molecule has 2 aliphatic rings. The fraction of sp³-hybridized carbons (Fsp3) is 0.531. The molecular weight excluding hydrogens is 554 g/mol. The summed E-state index contributed by atoms with van der Waals surface area (Å²) in [6.07, 6.45) is 6.94. The molecule has 10 heteroatoms. The molecule has 1 saturated heterocycles. The predicted molar refractivity (Wildman–Crippen MR) is 165 cm³/mol. The molecule has 228 valence electrons. The molecule has 0 saturated carbocycles. The zero-order chi connectivity index (χ0) is 30.6. The van der Waals surface area contributed by atoms with Crippen molar-refractivity contribution < 1.29 is 19.1 Å². The van der Waals surface area contributed by atoms with Gasteiger partial charge in [-0.1, -0.05) is 49.7 Å². The molecule has 2 heterocycles. The minimum absolute atomic E-state index is 0.0222. The molecule has 2 unspecified atom stereocenters. The van der Waals surface area contributed by atoms with Crippen molar-refractivity contribution in [3.63, 3.8) is 0 Å². The van der Waals surface area contributed by atoms with Gasteiger partial charge in [0, 0.05) is 51.4 Å². The Morgan fingerprint density at radius 1 is 1.19 bits per heavy atom. The van der Waals surface area contributed by atoms with E-state index in [0.717, 1.165) is 28.0 Å². The highest BCUT2D eigenvalue weighted by molar-refractivity contribution is 6.30. The number of carbonyl (C=O) groups is 2. The van der Waals surface area contributed by atoms with Gasteiger partial charge >= 0.3 is 6.09 Å². The minimum Gasteiger partial charge on any atom is -0.447 e. The molecule has 1 aliphatic carbocycles. The van der Waals surface area contributed by atoms with Crippen molar-refractivity contribution in [1.82, 2.24) is 24.7 Å². The van der Waals surface area contributed by atoms with Gasteiger partial charge in [0.05, 0.1) is 30.4 Å². The Kier molecular flexibility index (Phi) is 10.2. The Hall–Kier alpha value is -3.14. The van der Waals surface area contributed by atoms with Gasteiger partial charge in [-0.2, -0.15) is 0 Å². The summed E-state index contributed by atoms with van der Waals surface area (Å²) >= 11 is 6.62. The number of benzene rings is 1. The lowest BCUT2D eigenvalue weighted by atomic mass is 9.89. The van der Waals surface area contributed by atoms with Crippen LogP contribution < -0.4 is 5.32 Å². The zero-order valence-corrected chi connectivity index (χ0v) is 26.4. The average molecular weight is 598 g/mol. The van der Waals surface area contributed by atoms with Crippen molar-refractivity contribution in [2.24, 2.45) is 7.05 Å². The van der Waals surface area contributed by atoms with Gasteiger partial charge in [-0.3, -0.25) is 9.69 Å². The average Bonchev–Trinajstić information content (AvgIpc) is 3.33. The van der Waals surface area contributed by atoms with E-state index in [0.29, 0.717) is 50.5 Å². The van der Waals surface area contributed by atoms with Crippen LogP contribution in [0.1, 0.15) is 75.9 Å². The lowest BCUT2D eigenvalue weighted by Crippen LogP contribution is -2.50. The van der Waals surface area contributed by atoms with Crippen LogP contribution in [0.2, 0.25) is 5.02 Å². The summed E-state index contributed by atoms with van der Waals surface area (Å²) in [5, 5.41) is 3.92. The Bertz CT molecular complexity index is 1320. The first kappa shape index (κ1) is 31.8. The number of carbonyl (C=O) groups excluding carboxylic acids is 2. The highest BCUT2D eigenvalue weighted by atomic mass is 35.5. The summed E-state index contributed by atoms with van der Waals surface area (Å²) in [6.45, 7) is 14.6.